The summed E-state index contributed by atoms with van der Waals surface area (Å²) in [6, 6.07) is 10.8. The van der Waals surface area contributed by atoms with E-state index in [9.17, 15) is 27.7 Å². The van der Waals surface area contributed by atoms with Crippen molar-refractivity contribution in [1.82, 2.24) is 14.1 Å². The molecule has 1 aliphatic carbocycles. The van der Waals surface area contributed by atoms with Crippen LogP contribution in [0.5, 0.6) is 5.75 Å². The van der Waals surface area contributed by atoms with E-state index in [0.29, 0.717) is 34.8 Å². The number of nitro groups is 1. The Morgan fingerprint density at radius 2 is 1.88 bits per heavy atom. The highest BCUT2D eigenvalue weighted by molar-refractivity contribution is 9.10. The number of sulfonamides is 1. The third kappa shape index (κ3) is 6.40. The van der Waals surface area contributed by atoms with Crippen molar-refractivity contribution >= 4 is 48.9 Å². The van der Waals surface area contributed by atoms with Crippen LogP contribution in [-0.4, -0.2) is 66.9 Å². The van der Waals surface area contributed by atoms with Crippen LogP contribution < -0.4 is 15.2 Å². The Labute approximate surface area is 248 Å². The van der Waals surface area contributed by atoms with Crippen LogP contribution in [0, 0.1) is 15.5 Å². The lowest BCUT2D eigenvalue weighted by Gasteiger charge is -2.35. The minimum atomic E-state index is -3.73. The van der Waals surface area contributed by atoms with Crippen LogP contribution in [0.1, 0.15) is 18.4 Å². The number of ether oxygens (including phenoxy) is 1. The maximum Gasteiger partial charge on any atom is 0.316 e. The van der Waals surface area contributed by atoms with Gasteiger partial charge in [0, 0.05) is 42.7 Å². The Hall–Kier alpha value is -3.07. The maximum atomic E-state index is 13.6. The molecule has 0 atom stereocenters. The SMILES string of the molecule is O=c1c(OCC2(CF)CC2)c(N2CCN(S(=O)(=O)Cc3ccc([N+](=O)[O-])c(Br)c3)CC2)cnn1-c1cccc(Cl)c1. The molecular formula is C26H26BrClFN5O6S. The van der Waals surface area contributed by atoms with Crippen molar-refractivity contribution in [2.45, 2.75) is 18.6 Å². The molecular weight excluding hydrogens is 645 g/mol. The number of rotatable bonds is 10. The fourth-order valence-corrected chi connectivity index (χ4v) is 6.86. The highest BCUT2D eigenvalue weighted by atomic mass is 79.9. The molecule has 3 aromatic rings. The normalized spacial score (nSPS) is 16.9. The minimum absolute atomic E-state index is 0.0201. The number of benzene rings is 2. The van der Waals surface area contributed by atoms with Gasteiger partial charge in [-0.1, -0.05) is 23.7 Å². The number of hydrogen-bond acceptors (Lipinski definition) is 8. The third-order valence-corrected chi connectivity index (χ3v) is 9.98. The van der Waals surface area contributed by atoms with Crippen molar-refractivity contribution in [2.75, 3.05) is 44.4 Å². The molecule has 2 heterocycles. The molecule has 1 saturated heterocycles. The van der Waals surface area contributed by atoms with Crippen LogP contribution in [0.2, 0.25) is 5.02 Å². The lowest BCUT2D eigenvalue weighted by molar-refractivity contribution is -0.385. The molecule has 218 valence electrons. The number of hydrogen-bond donors (Lipinski definition) is 0. The van der Waals surface area contributed by atoms with Gasteiger partial charge in [0.2, 0.25) is 15.8 Å². The lowest BCUT2D eigenvalue weighted by atomic mass is 10.1. The van der Waals surface area contributed by atoms with Crippen LogP contribution in [0.4, 0.5) is 15.8 Å². The van der Waals surface area contributed by atoms with E-state index >= 15 is 0 Å². The van der Waals surface area contributed by atoms with E-state index in [-0.39, 0.29) is 54.4 Å². The molecule has 2 aliphatic rings. The molecule has 1 saturated carbocycles. The van der Waals surface area contributed by atoms with Gasteiger partial charge in [-0.3, -0.25) is 19.3 Å². The summed E-state index contributed by atoms with van der Waals surface area (Å²) in [4.78, 5) is 25.9. The zero-order chi connectivity index (χ0) is 29.4. The van der Waals surface area contributed by atoms with E-state index < -0.39 is 32.6 Å². The van der Waals surface area contributed by atoms with Crippen LogP contribution in [0.15, 0.2) is 57.9 Å². The summed E-state index contributed by atoms with van der Waals surface area (Å²) in [5.41, 5.74) is -0.0102. The quantitative estimate of drug-likeness (QED) is 0.230. The van der Waals surface area contributed by atoms with Gasteiger partial charge in [-0.25, -0.2) is 8.42 Å². The minimum Gasteiger partial charge on any atom is -0.486 e. The van der Waals surface area contributed by atoms with Gasteiger partial charge >= 0.3 is 5.56 Å². The number of piperazine rings is 1. The van der Waals surface area contributed by atoms with Gasteiger partial charge in [0.1, 0.15) is 5.69 Å². The van der Waals surface area contributed by atoms with Crippen molar-refractivity contribution in [3.63, 3.8) is 0 Å². The predicted molar refractivity (Wildman–Crippen MR) is 155 cm³/mol. The Morgan fingerprint density at radius 1 is 1.15 bits per heavy atom. The number of halogens is 3. The first-order chi connectivity index (χ1) is 19.5. The number of nitro benzene ring substituents is 1. The average molecular weight is 671 g/mol. The largest absolute Gasteiger partial charge is 0.486 e. The average Bonchev–Trinajstić information content (AvgIpc) is 3.72. The molecule has 0 amide bonds. The Morgan fingerprint density at radius 3 is 2.49 bits per heavy atom. The van der Waals surface area contributed by atoms with E-state index in [1.54, 1.807) is 24.3 Å². The molecule has 5 rings (SSSR count). The van der Waals surface area contributed by atoms with E-state index in [2.05, 4.69) is 21.0 Å². The monoisotopic (exact) mass is 669 g/mol. The zero-order valence-corrected chi connectivity index (χ0v) is 24.9. The maximum absolute atomic E-state index is 13.6. The summed E-state index contributed by atoms with van der Waals surface area (Å²) >= 11 is 9.23. The van der Waals surface area contributed by atoms with Gasteiger partial charge in [-0.05, 0) is 58.6 Å². The fourth-order valence-electron chi connectivity index (χ4n) is 4.60. The van der Waals surface area contributed by atoms with Crippen LogP contribution in [0.25, 0.3) is 5.69 Å². The van der Waals surface area contributed by atoms with Crippen molar-refractivity contribution in [3.8, 4) is 11.4 Å². The van der Waals surface area contributed by atoms with E-state index in [1.165, 1.54) is 33.4 Å². The predicted octanol–water partition coefficient (Wildman–Crippen LogP) is 4.34. The van der Waals surface area contributed by atoms with Crippen LogP contribution >= 0.6 is 27.5 Å². The first-order valence-electron chi connectivity index (χ1n) is 12.7. The highest BCUT2D eigenvalue weighted by Gasteiger charge is 2.44. The molecule has 0 N–H and O–H groups in total. The number of anilines is 1. The standard InChI is InChI=1S/C26H26BrClFN5O6S/c27-21-12-18(4-5-22(21)34(36)37)15-41(38,39)32-10-8-31(9-11-32)23-14-30-33(20-3-1-2-19(28)13-20)25(35)24(23)40-17-26(16-29)6-7-26/h1-5,12-14H,6-11,15-17H2. The Kier molecular flexibility index (Phi) is 8.37. The van der Waals surface area contributed by atoms with Crippen LogP contribution in [0.3, 0.4) is 0 Å². The van der Waals surface area contributed by atoms with Crippen LogP contribution in [-0.2, 0) is 15.8 Å². The number of alkyl halides is 1. The first-order valence-corrected chi connectivity index (χ1v) is 15.5. The molecule has 11 nitrogen and oxygen atoms in total. The van der Waals surface area contributed by atoms with Crippen molar-refractivity contribution < 1.29 is 22.5 Å². The second-order valence-electron chi connectivity index (χ2n) is 10.2. The molecule has 0 bridgehead atoms. The summed E-state index contributed by atoms with van der Waals surface area (Å²) in [5, 5.41) is 15.8. The molecule has 15 heteroatoms. The smallest absolute Gasteiger partial charge is 0.316 e. The fraction of sp³-hybridized carbons (Fsp3) is 0.385. The molecule has 1 aliphatic heterocycles. The van der Waals surface area contributed by atoms with Gasteiger partial charge in [0.05, 0.1) is 40.3 Å². The summed E-state index contributed by atoms with van der Waals surface area (Å²) in [5.74, 6) is -0.299. The molecule has 0 spiro atoms. The lowest BCUT2D eigenvalue weighted by Crippen LogP contribution is -2.49. The third-order valence-electron chi connectivity index (χ3n) is 7.26. The molecule has 0 radical (unpaired) electrons. The van der Waals surface area contributed by atoms with Crippen molar-refractivity contribution in [3.05, 3.63) is 84.2 Å². The summed E-state index contributed by atoms with van der Waals surface area (Å²) in [7, 11) is -3.73. The number of nitrogens with zero attached hydrogens (tertiary/aromatic N) is 5. The second-order valence-corrected chi connectivity index (χ2v) is 13.4. The van der Waals surface area contributed by atoms with Gasteiger partial charge in [-0.15, -0.1) is 0 Å². The van der Waals surface area contributed by atoms with E-state index in [4.69, 9.17) is 16.3 Å². The summed E-state index contributed by atoms with van der Waals surface area (Å²) in [6.45, 7) is 0.303. The number of aromatic nitrogens is 2. The first kappa shape index (κ1) is 29.4. The van der Waals surface area contributed by atoms with Gasteiger partial charge in [-0.2, -0.15) is 14.1 Å². The second kappa shape index (κ2) is 11.7. The molecule has 2 aromatic carbocycles. The molecule has 41 heavy (non-hydrogen) atoms. The van der Waals surface area contributed by atoms with Gasteiger partial charge in [0.25, 0.3) is 5.69 Å². The summed E-state index contributed by atoms with van der Waals surface area (Å²) in [6.07, 6.45) is 2.84. The molecule has 2 fully saturated rings. The summed E-state index contributed by atoms with van der Waals surface area (Å²) < 4.78 is 48.6. The van der Waals surface area contributed by atoms with Crippen molar-refractivity contribution in [1.29, 1.82) is 0 Å². The Bertz CT molecular complexity index is 1640. The van der Waals surface area contributed by atoms with E-state index in [0.717, 1.165) is 0 Å². The highest BCUT2D eigenvalue weighted by Crippen LogP contribution is 2.46. The zero-order valence-electron chi connectivity index (χ0n) is 21.7. The molecule has 0 unspecified atom stereocenters. The van der Waals surface area contributed by atoms with Crippen molar-refractivity contribution in [2.24, 2.45) is 5.41 Å². The van der Waals surface area contributed by atoms with E-state index in [1.807, 2.05) is 4.90 Å². The van der Waals surface area contributed by atoms with Gasteiger partial charge in [0.15, 0.2) is 0 Å². The molecule has 1 aromatic heterocycles. The Balaban J connectivity index is 1.35. The topological polar surface area (TPSA) is 128 Å². The van der Waals surface area contributed by atoms with Gasteiger partial charge < -0.3 is 9.64 Å².